The van der Waals surface area contributed by atoms with Crippen molar-refractivity contribution >= 4 is 33.3 Å². The molecule has 4 rings (SSSR count). The van der Waals surface area contributed by atoms with Crippen molar-refractivity contribution in [2.75, 3.05) is 25.0 Å². The van der Waals surface area contributed by atoms with E-state index in [1.807, 2.05) is 0 Å². The van der Waals surface area contributed by atoms with Gasteiger partial charge < -0.3 is 9.15 Å². The zero-order valence-electron chi connectivity index (χ0n) is 14.5. The van der Waals surface area contributed by atoms with Crippen LogP contribution in [0.2, 0.25) is 0 Å². The van der Waals surface area contributed by atoms with Gasteiger partial charge in [0, 0.05) is 25.6 Å². The largest absolute Gasteiger partial charge is 0.405 e. The molecule has 146 valence electrons. The molecule has 1 N–H and O–H groups in total. The zero-order valence-corrected chi connectivity index (χ0v) is 16.2. The van der Waals surface area contributed by atoms with Gasteiger partial charge in [0.2, 0.25) is 11.8 Å². The number of sulfonamides is 1. The molecule has 2 aromatic heterocycles. The summed E-state index contributed by atoms with van der Waals surface area (Å²) < 4.78 is 37.8. The van der Waals surface area contributed by atoms with Crippen LogP contribution in [0.25, 0.3) is 0 Å². The fourth-order valence-electron chi connectivity index (χ4n) is 3.29. The average Bonchev–Trinajstić information content (AvgIpc) is 3.42. The number of hydrogen-bond acceptors (Lipinski definition) is 8. The third-order valence-corrected chi connectivity index (χ3v) is 8.06. The number of rotatable bonds is 5. The van der Waals surface area contributed by atoms with Gasteiger partial charge in [-0.1, -0.05) is 11.2 Å². The van der Waals surface area contributed by atoms with Crippen LogP contribution in [-0.2, 0) is 19.6 Å². The van der Waals surface area contributed by atoms with Crippen molar-refractivity contribution in [3.8, 4) is 0 Å². The second-order valence-corrected chi connectivity index (χ2v) is 9.66. The van der Waals surface area contributed by atoms with E-state index in [4.69, 9.17) is 9.15 Å². The Kier molecular flexibility index (Phi) is 5.26. The van der Waals surface area contributed by atoms with E-state index in [-0.39, 0.29) is 23.9 Å². The molecule has 0 aliphatic carbocycles. The van der Waals surface area contributed by atoms with Crippen LogP contribution < -0.4 is 5.32 Å². The number of nitrogens with zero attached hydrogens (tertiary/aromatic N) is 3. The first-order valence-corrected chi connectivity index (χ1v) is 11.2. The first-order chi connectivity index (χ1) is 13.0. The summed E-state index contributed by atoms with van der Waals surface area (Å²) in [6.45, 7) is 1.29. The molecule has 1 atom stereocenters. The smallest absolute Gasteiger partial charge is 0.322 e. The molecule has 0 aromatic carbocycles. The van der Waals surface area contributed by atoms with Crippen molar-refractivity contribution in [2.45, 2.75) is 36.0 Å². The highest BCUT2D eigenvalue weighted by Gasteiger charge is 2.33. The number of nitrogens with one attached hydrogen (secondary N) is 1. The molecule has 9 nitrogen and oxygen atoms in total. The van der Waals surface area contributed by atoms with E-state index in [0.29, 0.717) is 42.6 Å². The van der Waals surface area contributed by atoms with Crippen LogP contribution in [0.3, 0.4) is 0 Å². The third-order valence-electron chi connectivity index (χ3n) is 4.79. The Hall–Kier alpha value is -1.82. The number of thiophene rings is 1. The fraction of sp³-hybridized carbons (Fsp3) is 0.562. The first-order valence-electron chi connectivity index (χ1n) is 8.83. The lowest BCUT2D eigenvalue weighted by Gasteiger charge is -2.29. The van der Waals surface area contributed by atoms with Crippen molar-refractivity contribution in [1.82, 2.24) is 14.5 Å². The highest BCUT2D eigenvalue weighted by Crippen LogP contribution is 2.29. The van der Waals surface area contributed by atoms with Crippen molar-refractivity contribution in [3.05, 3.63) is 23.4 Å². The van der Waals surface area contributed by atoms with E-state index in [9.17, 15) is 13.2 Å². The molecule has 2 fully saturated rings. The molecule has 2 aromatic rings. The Labute approximate surface area is 160 Å². The van der Waals surface area contributed by atoms with E-state index >= 15 is 0 Å². The number of hydrogen-bond donors (Lipinski definition) is 1. The lowest BCUT2D eigenvalue weighted by molar-refractivity contribution is -0.121. The summed E-state index contributed by atoms with van der Waals surface area (Å²) in [6.07, 6.45) is 2.47. The van der Waals surface area contributed by atoms with Gasteiger partial charge in [-0.2, -0.15) is 4.31 Å². The molecular weight excluding hydrogens is 392 g/mol. The number of piperidine rings is 1. The van der Waals surface area contributed by atoms with Crippen molar-refractivity contribution in [3.63, 3.8) is 0 Å². The van der Waals surface area contributed by atoms with Gasteiger partial charge in [-0.3, -0.25) is 10.1 Å². The molecule has 0 saturated carbocycles. The molecular formula is C16H20N4O5S2. The van der Waals surface area contributed by atoms with E-state index in [1.165, 1.54) is 15.6 Å². The minimum absolute atomic E-state index is 0.0548. The number of amides is 1. The predicted octanol–water partition coefficient (Wildman–Crippen LogP) is 2.02. The molecule has 11 heteroatoms. The topological polar surface area (TPSA) is 115 Å². The Morgan fingerprint density at radius 2 is 2.07 bits per heavy atom. The average molecular weight is 412 g/mol. The van der Waals surface area contributed by atoms with Gasteiger partial charge in [-0.15, -0.1) is 16.4 Å². The normalized spacial score (nSPS) is 22.1. The summed E-state index contributed by atoms with van der Waals surface area (Å²) in [6, 6.07) is 3.37. The van der Waals surface area contributed by atoms with Crippen molar-refractivity contribution < 1.29 is 22.4 Å². The minimum atomic E-state index is -3.47. The summed E-state index contributed by atoms with van der Waals surface area (Å²) in [5.41, 5.74) is 0. The molecule has 0 radical (unpaired) electrons. The van der Waals surface area contributed by atoms with Gasteiger partial charge in [0.1, 0.15) is 10.3 Å². The Bertz CT molecular complexity index is 882. The summed E-state index contributed by atoms with van der Waals surface area (Å²) in [5, 5.41) is 12.2. The van der Waals surface area contributed by atoms with Gasteiger partial charge in [0.15, 0.2) is 0 Å². The lowest BCUT2D eigenvalue weighted by atomic mass is 9.97. The maximum Gasteiger partial charge on any atom is 0.322 e. The van der Waals surface area contributed by atoms with Crippen molar-refractivity contribution in [2.24, 2.45) is 5.92 Å². The van der Waals surface area contributed by atoms with E-state index in [0.717, 1.165) is 12.8 Å². The number of anilines is 1. The predicted molar refractivity (Wildman–Crippen MR) is 96.7 cm³/mol. The Morgan fingerprint density at radius 1 is 1.26 bits per heavy atom. The minimum Gasteiger partial charge on any atom is -0.405 e. The maximum atomic E-state index is 12.5. The van der Waals surface area contributed by atoms with Crippen molar-refractivity contribution in [1.29, 1.82) is 0 Å². The monoisotopic (exact) mass is 412 g/mol. The Balaban J connectivity index is 1.32. The highest BCUT2D eigenvalue weighted by molar-refractivity contribution is 7.91. The summed E-state index contributed by atoms with van der Waals surface area (Å²) >= 11 is 1.20. The second kappa shape index (κ2) is 7.66. The molecule has 1 amide bonds. The highest BCUT2D eigenvalue weighted by atomic mass is 32.2. The summed E-state index contributed by atoms with van der Waals surface area (Å²) in [7, 11) is -3.47. The lowest BCUT2D eigenvalue weighted by Crippen LogP contribution is -2.41. The van der Waals surface area contributed by atoms with Gasteiger partial charge in [-0.25, -0.2) is 8.42 Å². The van der Waals surface area contributed by atoms with Gasteiger partial charge >= 0.3 is 6.01 Å². The van der Waals surface area contributed by atoms with Crippen LogP contribution in [0.1, 0.15) is 37.7 Å². The van der Waals surface area contributed by atoms with Crippen LogP contribution >= 0.6 is 11.3 Å². The zero-order chi connectivity index (χ0) is 18.9. The molecule has 0 bridgehead atoms. The standard InChI is InChI=1S/C16H20N4O5S2/c21-14(17-16-19-18-15(25-16)12-3-1-9-24-12)11-5-7-20(8-6-11)27(22,23)13-4-2-10-26-13/h2,4,10-12H,1,3,5-9H2,(H,17,19,21). The second-order valence-electron chi connectivity index (χ2n) is 6.55. The third kappa shape index (κ3) is 3.91. The first kappa shape index (κ1) is 18.5. The van der Waals surface area contributed by atoms with E-state index < -0.39 is 10.0 Å². The summed E-state index contributed by atoms with van der Waals surface area (Å²) in [5.74, 6) is -0.150. The Morgan fingerprint density at radius 3 is 2.74 bits per heavy atom. The molecule has 27 heavy (non-hydrogen) atoms. The van der Waals surface area contributed by atoms with Crippen LogP contribution in [0, 0.1) is 5.92 Å². The molecule has 2 aliphatic rings. The number of carbonyl (C=O) groups is 1. The number of ether oxygens (including phenoxy) is 1. The van der Waals surface area contributed by atoms with Gasteiger partial charge in [-0.05, 0) is 37.1 Å². The molecule has 1 unspecified atom stereocenters. The maximum absolute atomic E-state index is 12.5. The van der Waals surface area contributed by atoms with E-state index in [2.05, 4.69) is 15.5 Å². The van der Waals surface area contributed by atoms with Crippen LogP contribution in [0.15, 0.2) is 26.1 Å². The van der Waals surface area contributed by atoms with Crippen LogP contribution in [0.4, 0.5) is 6.01 Å². The quantitative estimate of drug-likeness (QED) is 0.799. The fourth-order valence-corrected chi connectivity index (χ4v) is 5.91. The van der Waals surface area contributed by atoms with E-state index in [1.54, 1.807) is 17.5 Å². The van der Waals surface area contributed by atoms with Gasteiger partial charge in [0.05, 0.1) is 0 Å². The van der Waals surface area contributed by atoms with Crippen LogP contribution in [-0.4, -0.2) is 48.5 Å². The van der Waals surface area contributed by atoms with Crippen LogP contribution in [0.5, 0.6) is 0 Å². The summed E-state index contributed by atoms with van der Waals surface area (Å²) in [4.78, 5) is 12.4. The van der Waals surface area contributed by atoms with Gasteiger partial charge in [0.25, 0.3) is 10.0 Å². The molecule has 0 spiro atoms. The number of carbonyl (C=O) groups excluding carboxylic acids is 1. The molecule has 2 saturated heterocycles. The SMILES string of the molecule is O=C(Nc1nnc(C2CCCO2)o1)C1CCN(S(=O)(=O)c2cccs2)CC1. The number of aromatic nitrogens is 2. The molecule has 2 aliphatic heterocycles. The molecule has 4 heterocycles.